The average Bonchev–Trinajstić information content (AvgIpc) is 2.98. The third-order valence-electron chi connectivity index (χ3n) is 4.95. The molecule has 0 N–H and O–H groups in total. The summed E-state index contributed by atoms with van der Waals surface area (Å²) in [4.78, 5) is 27.5. The predicted molar refractivity (Wildman–Crippen MR) is 108 cm³/mol. The van der Waals surface area contributed by atoms with Crippen molar-refractivity contribution < 1.29 is 43.5 Å². The maximum absolute atomic E-state index is 15.0. The van der Waals surface area contributed by atoms with E-state index < -0.39 is 12.1 Å². The minimum absolute atomic E-state index is 0. The quantitative estimate of drug-likeness (QED) is 0.242. The van der Waals surface area contributed by atoms with Crippen LogP contribution in [0.1, 0.15) is 17.5 Å². The van der Waals surface area contributed by atoms with Gasteiger partial charge < -0.3 is 31.5 Å². The van der Waals surface area contributed by atoms with Gasteiger partial charge in [-0.05, 0) is 6.42 Å². The number of carbonyl (C=O) groups excluding carboxylic acids is 1. The number of alkyl halides is 1. The Morgan fingerprint density at radius 3 is 2.94 bits per heavy atom. The number of ether oxygens (including phenoxy) is 1. The van der Waals surface area contributed by atoms with Crippen LogP contribution in [0.15, 0.2) is 28.6 Å². The molecule has 9 nitrogen and oxygen atoms in total. The maximum atomic E-state index is 15.0. The van der Waals surface area contributed by atoms with Crippen molar-refractivity contribution in [3.05, 3.63) is 41.7 Å². The Balaban J connectivity index is 0.00000341. The monoisotopic (exact) mass is 431 g/mol. The molecule has 0 bridgehead atoms. The van der Waals surface area contributed by atoms with Crippen LogP contribution in [0.4, 0.5) is 4.39 Å². The molecule has 1 aromatic rings. The molecule has 31 heavy (non-hydrogen) atoms. The number of carbonyl (C=O) groups is 1. The van der Waals surface area contributed by atoms with Gasteiger partial charge >= 0.3 is 29.6 Å². The van der Waals surface area contributed by atoms with Crippen LogP contribution in [0.2, 0.25) is 0 Å². The normalized spacial score (nSPS) is 21.2. The molecule has 0 aliphatic carbocycles. The van der Waals surface area contributed by atoms with Crippen LogP contribution < -0.4 is 34.3 Å². The molecule has 1 fully saturated rings. The largest absolute Gasteiger partial charge is 1.00 e. The topological polar surface area (TPSA) is 116 Å². The zero-order chi connectivity index (χ0) is 21.5. The third kappa shape index (κ3) is 5.76. The van der Waals surface area contributed by atoms with Gasteiger partial charge in [0.2, 0.25) is 5.91 Å². The first kappa shape index (κ1) is 24.7. The molecule has 3 heterocycles. The summed E-state index contributed by atoms with van der Waals surface area (Å²) in [5, 5.41) is 17.9. The minimum Gasteiger partial charge on any atom is -0.640 e. The second kappa shape index (κ2) is 11.7. The van der Waals surface area contributed by atoms with Gasteiger partial charge in [-0.1, -0.05) is 0 Å². The molecule has 0 aromatic carbocycles. The molecule has 2 aliphatic heterocycles. The van der Waals surface area contributed by atoms with Gasteiger partial charge in [-0.15, -0.1) is 0 Å². The number of halogens is 1. The summed E-state index contributed by atoms with van der Waals surface area (Å²) in [5.74, 6) is -0.544. The SMILES string of the molecule is [CH-]=CN=C([C-]=NC=[N-])N1CC[C@H](C(=O)N2CCOc3c(C#N)cncc3C2)[C@@H](F)C1.[Na+]. The summed E-state index contributed by atoms with van der Waals surface area (Å²) in [7, 11) is 0. The van der Waals surface area contributed by atoms with E-state index in [2.05, 4.69) is 21.2 Å². The fraction of sp³-hybridized carbons (Fsp3) is 0.400. The van der Waals surface area contributed by atoms with Gasteiger partial charge in [0.05, 0.1) is 19.0 Å². The van der Waals surface area contributed by atoms with Crippen molar-refractivity contribution in [3.8, 4) is 11.8 Å². The predicted octanol–water partition coefficient (Wildman–Crippen LogP) is -1.77. The first-order chi connectivity index (χ1) is 14.6. The molecule has 1 amide bonds. The number of amides is 1. The number of aliphatic imine (C=N–C) groups is 2. The van der Waals surface area contributed by atoms with Gasteiger partial charge in [0.15, 0.2) is 0 Å². The number of likely N-dealkylation sites (tertiary alicyclic amines) is 1. The van der Waals surface area contributed by atoms with Crippen molar-refractivity contribution in [2.45, 2.75) is 19.1 Å². The zero-order valence-corrected chi connectivity index (χ0v) is 19.1. The first-order valence-corrected chi connectivity index (χ1v) is 9.29. The summed E-state index contributed by atoms with van der Waals surface area (Å²) in [6.45, 7) is 6.26. The molecule has 3 rings (SSSR count). The number of amidine groups is 1. The van der Waals surface area contributed by atoms with Crippen molar-refractivity contribution in [2.24, 2.45) is 15.9 Å². The molecule has 11 heteroatoms. The summed E-state index contributed by atoms with van der Waals surface area (Å²) in [5.41, 5.74) is 0.923. The molecule has 1 saturated heterocycles. The Hall–Kier alpha value is -2.61. The van der Waals surface area contributed by atoms with Crippen molar-refractivity contribution >= 4 is 24.3 Å². The minimum atomic E-state index is -1.44. The van der Waals surface area contributed by atoms with Crippen molar-refractivity contribution in [3.63, 3.8) is 0 Å². The number of nitrogens with zero attached hydrogens (tertiary/aromatic N) is 7. The van der Waals surface area contributed by atoms with Gasteiger partial charge in [-0.25, -0.2) is 10.6 Å². The Labute approximate surface area is 202 Å². The van der Waals surface area contributed by atoms with Crippen LogP contribution in [0, 0.1) is 23.8 Å². The molecule has 2 aliphatic rings. The molecule has 1 aromatic heterocycles. The standard InChI is InChI=1S/C20H19FN7O2.Na/c1-2-26-18(10-25-13-23)27-4-3-16(17(21)12-27)20(29)28-5-6-30-19-14(7-22)8-24-9-15(19)11-28;/h1-2,8-9,13,16-17H,3-6,11-12H2;/q-3;+1/t16-,17-;/m0./s1. The molecular weight excluding hydrogens is 412 g/mol. The number of aromatic nitrogens is 1. The number of rotatable bonds is 4. The van der Waals surface area contributed by atoms with Gasteiger partial charge in [0.1, 0.15) is 30.2 Å². The van der Waals surface area contributed by atoms with Crippen LogP contribution in [0.3, 0.4) is 0 Å². The molecule has 0 spiro atoms. The van der Waals surface area contributed by atoms with Crippen molar-refractivity contribution in [1.82, 2.24) is 14.8 Å². The zero-order valence-electron chi connectivity index (χ0n) is 17.1. The van der Waals surface area contributed by atoms with E-state index >= 15 is 0 Å². The Morgan fingerprint density at radius 2 is 2.26 bits per heavy atom. The average molecular weight is 431 g/mol. The summed E-state index contributed by atoms with van der Waals surface area (Å²) >= 11 is 0. The Kier molecular flexibility index (Phi) is 9.30. The third-order valence-corrected chi connectivity index (χ3v) is 4.95. The van der Waals surface area contributed by atoms with Crippen molar-refractivity contribution in [2.75, 3.05) is 26.2 Å². The van der Waals surface area contributed by atoms with E-state index in [4.69, 9.17) is 16.7 Å². The van der Waals surface area contributed by atoms with Crippen LogP contribution in [-0.2, 0) is 11.3 Å². The van der Waals surface area contributed by atoms with E-state index in [1.807, 2.05) is 6.07 Å². The summed E-state index contributed by atoms with van der Waals surface area (Å²) in [6.07, 6.45) is 5.82. The number of hydrogen-bond acceptors (Lipinski definition) is 5. The number of pyridine rings is 1. The van der Waals surface area contributed by atoms with Gasteiger partial charge in [0, 0.05) is 36.9 Å². The second-order valence-electron chi connectivity index (χ2n) is 6.71. The Morgan fingerprint density at radius 1 is 1.45 bits per heavy atom. The maximum Gasteiger partial charge on any atom is 1.00 e. The van der Waals surface area contributed by atoms with Crippen LogP contribution >= 0.6 is 0 Å². The molecule has 2 atom stereocenters. The molecule has 156 valence electrons. The summed E-state index contributed by atoms with van der Waals surface area (Å²) in [6, 6.07) is 2.03. The van der Waals surface area contributed by atoms with E-state index in [0.29, 0.717) is 29.8 Å². The number of hydrogen-bond donors (Lipinski definition) is 0. The van der Waals surface area contributed by atoms with Gasteiger partial charge in [-0.2, -0.15) is 11.5 Å². The molecular formula is C20H19FN7NaO2-2. The molecule has 0 radical (unpaired) electrons. The van der Waals surface area contributed by atoms with Gasteiger partial charge in [-0.3, -0.25) is 21.1 Å². The van der Waals surface area contributed by atoms with Crippen LogP contribution in [0.5, 0.6) is 5.75 Å². The fourth-order valence-electron chi connectivity index (χ4n) is 3.53. The van der Waals surface area contributed by atoms with Gasteiger partial charge in [0.25, 0.3) is 0 Å². The van der Waals surface area contributed by atoms with E-state index in [1.165, 1.54) is 6.20 Å². The number of nitriles is 1. The number of piperidine rings is 1. The van der Waals surface area contributed by atoms with Crippen molar-refractivity contribution in [1.29, 1.82) is 5.26 Å². The molecule has 0 unspecified atom stereocenters. The smallest absolute Gasteiger partial charge is 0.640 e. The second-order valence-corrected chi connectivity index (χ2v) is 6.71. The summed E-state index contributed by atoms with van der Waals surface area (Å²) < 4.78 is 20.6. The fourth-order valence-corrected chi connectivity index (χ4v) is 3.53. The first-order valence-electron chi connectivity index (χ1n) is 9.29. The molecule has 0 saturated carbocycles. The Bertz CT molecular complexity index is 931. The van der Waals surface area contributed by atoms with E-state index in [9.17, 15) is 14.4 Å². The van der Waals surface area contributed by atoms with Crippen LogP contribution in [0.25, 0.3) is 5.41 Å². The van der Waals surface area contributed by atoms with Crippen LogP contribution in [-0.4, -0.2) is 71.5 Å². The number of fused-ring (bicyclic) bond motifs is 1. The van der Waals surface area contributed by atoms with E-state index in [-0.39, 0.29) is 74.0 Å². The van der Waals surface area contributed by atoms with E-state index in [0.717, 1.165) is 6.20 Å². The van der Waals surface area contributed by atoms with E-state index in [1.54, 1.807) is 16.0 Å².